The van der Waals surface area contributed by atoms with Crippen molar-refractivity contribution < 1.29 is 9.53 Å². The number of amides is 1. The summed E-state index contributed by atoms with van der Waals surface area (Å²) in [6.07, 6.45) is 3.61. The van der Waals surface area contributed by atoms with Crippen LogP contribution >= 0.6 is 0 Å². The molecule has 1 fully saturated rings. The van der Waals surface area contributed by atoms with Crippen molar-refractivity contribution in [3.05, 3.63) is 72.1 Å². The fourth-order valence-electron chi connectivity index (χ4n) is 3.58. The van der Waals surface area contributed by atoms with Crippen LogP contribution in [0.25, 0.3) is 5.69 Å². The van der Waals surface area contributed by atoms with Crippen LogP contribution in [-0.2, 0) is 11.3 Å². The zero-order chi connectivity index (χ0) is 20.9. The van der Waals surface area contributed by atoms with E-state index in [4.69, 9.17) is 4.74 Å². The molecule has 1 aliphatic heterocycles. The molecule has 1 aromatic heterocycles. The molecule has 3 aromatic rings. The van der Waals surface area contributed by atoms with Gasteiger partial charge in [0.2, 0.25) is 0 Å². The van der Waals surface area contributed by atoms with Crippen LogP contribution in [0.15, 0.2) is 60.8 Å². The van der Waals surface area contributed by atoms with Crippen molar-refractivity contribution >= 4 is 11.6 Å². The van der Waals surface area contributed by atoms with Gasteiger partial charge in [0.1, 0.15) is 0 Å². The third-order valence-electron chi connectivity index (χ3n) is 5.26. The molecular formula is C23H27N5O2. The Morgan fingerprint density at radius 3 is 2.57 bits per heavy atom. The maximum Gasteiger partial charge on any atom is 0.276 e. The van der Waals surface area contributed by atoms with Crippen LogP contribution in [0.4, 0.5) is 5.69 Å². The summed E-state index contributed by atoms with van der Waals surface area (Å²) < 4.78 is 5.79. The maximum absolute atomic E-state index is 13.3. The van der Waals surface area contributed by atoms with Crippen LogP contribution in [0.5, 0.6) is 0 Å². The lowest BCUT2D eigenvalue weighted by atomic mass is 10.1. The molecule has 1 saturated heterocycles. The van der Waals surface area contributed by atoms with E-state index in [0.29, 0.717) is 18.8 Å². The molecule has 7 nitrogen and oxygen atoms in total. The quantitative estimate of drug-likeness (QED) is 0.604. The number of hydrogen-bond acceptors (Lipinski definition) is 5. The van der Waals surface area contributed by atoms with E-state index in [2.05, 4.69) is 39.4 Å². The zero-order valence-electron chi connectivity index (χ0n) is 17.4. The number of carbonyl (C=O) groups excluding carboxylic acids is 1. The second-order valence-corrected chi connectivity index (χ2v) is 7.74. The monoisotopic (exact) mass is 405 g/mol. The number of hydrogen-bond donors (Lipinski definition) is 0. The summed E-state index contributed by atoms with van der Waals surface area (Å²) in [4.78, 5) is 18.7. The summed E-state index contributed by atoms with van der Waals surface area (Å²) in [6.45, 7) is 1.81. The van der Waals surface area contributed by atoms with Crippen molar-refractivity contribution in [2.24, 2.45) is 0 Å². The lowest BCUT2D eigenvalue weighted by Crippen LogP contribution is -2.37. The smallest absolute Gasteiger partial charge is 0.276 e. The SMILES string of the molecule is CN(C)c1ccc(CN(CC2CCCO2)C(=O)c2cnn(-c3ccccc3)n2)cc1. The van der Waals surface area contributed by atoms with E-state index in [1.54, 1.807) is 0 Å². The molecule has 0 aliphatic carbocycles. The molecule has 156 valence electrons. The highest BCUT2D eigenvalue weighted by Gasteiger charge is 2.25. The van der Waals surface area contributed by atoms with E-state index < -0.39 is 0 Å². The molecule has 0 bridgehead atoms. The zero-order valence-corrected chi connectivity index (χ0v) is 17.4. The molecule has 0 saturated carbocycles. The van der Waals surface area contributed by atoms with Gasteiger partial charge in [-0.2, -0.15) is 9.90 Å². The molecule has 1 unspecified atom stereocenters. The van der Waals surface area contributed by atoms with Gasteiger partial charge in [0.15, 0.2) is 5.69 Å². The number of para-hydroxylation sites is 1. The van der Waals surface area contributed by atoms with E-state index >= 15 is 0 Å². The lowest BCUT2D eigenvalue weighted by Gasteiger charge is -2.25. The largest absolute Gasteiger partial charge is 0.378 e. The van der Waals surface area contributed by atoms with Gasteiger partial charge in [-0.3, -0.25) is 4.79 Å². The van der Waals surface area contributed by atoms with Gasteiger partial charge in [-0.05, 0) is 42.7 Å². The van der Waals surface area contributed by atoms with E-state index in [0.717, 1.165) is 36.4 Å². The average molecular weight is 406 g/mol. The molecule has 2 heterocycles. The number of carbonyl (C=O) groups is 1. The van der Waals surface area contributed by atoms with Crippen LogP contribution in [0.3, 0.4) is 0 Å². The highest BCUT2D eigenvalue weighted by atomic mass is 16.5. The van der Waals surface area contributed by atoms with Crippen molar-refractivity contribution in [1.82, 2.24) is 19.9 Å². The van der Waals surface area contributed by atoms with E-state index in [9.17, 15) is 4.79 Å². The van der Waals surface area contributed by atoms with Gasteiger partial charge < -0.3 is 14.5 Å². The fraction of sp³-hybridized carbons (Fsp3) is 0.348. The van der Waals surface area contributed by atoms with Crippen molar-refractivity contribution in [2.45, 2.75) is 25.5 Å². The molecule has 1 amide bonds. The van der Waals surface area contributed by atoms with Gasteiger partial charge in [0.25, 0.3) is 5.91 Å². The van der Waals surface area contributed by atoms with Crippen molar-refractivity contribution in [3.63, 3.8) is 0 Å². The lowest BCUT2D eigenvalue weighted by molar-refractivity contribution is 0.0502. The first kappa shape index (κ1) is 20.1. The molecule has 2 aromatic carbocycles. The Bertz CT molecular complexity index is 963. The molecular weight excluding hydrogens is 378 g/mol. The van der Waals surface area contributed by atoms with Crippen LogP contribution in [-0.4, -0.2) is 59.2 Å². The fourth-order valence-corrected chi connectivity index (χ4v) is 3.58. The Labute approximate surface area is 176 Å². The number of ether oxygens (including phenoxy) is 1. The topological polar surface area (TPSA) is 63.5 Å². The van der Waals surface area contributed by atoms with Crippen molar-refractivity contribution in [2.75, 3.05) is 32.1 Å². The van der Waals surface area contributed by atoms with Crippen LogP contribution < -0.4 is 4.90 Å². The molecule has 1 atom stereocenters. The van der Waals surface area contributed by atoms with Crippen LogP contribution in [0.2, 0.25) is 0 Å². The molecule has 0 N–H and O–H groups in total. The second kappa shape index (κ2) is 9.09. The Morgan fingerprint density at radius 2 is 1.90 bits per heavy atom. The van der Waals surface area contributed by atoms with Crippen LogP contribution in [0, 0.1) is 0 Å². The molecule has 7 heteroatoms. The predicted octanol–water partition coefficient (Wildman–Crippen LogP) is 3.15. The molecule has 4 rings (SSSR count). The predicted molar refractivity (Wildman–Crippen MR) is 116 cm³/mol. The third kappa shape index (κ3) is 4.68. The standard InChI is InChI=1S/C23H27N5O2/c1-26(2)19-12-10-18(11-13-19)16-27(17-21-9-6-14-30-21)23(29)22-15-24-28(25-22)20-7-4-3-5-8-20/h3-5,7-8,10-13,15,21H,6,9,14,16-17H2,1-2H3. The minimum absolute atomic E-state index is 0.0687. The highest BCUT2D eigenvalue weighted by molar-refractivity contribution is 5.92. The number of anilines is 1. The number of nitrogens with zero attached hydrogens (tertiary/aromatic N) is 5. The summed E-state index contributed by atoms with van der Waals surface area (Å²) in [7, 11) is 4.02. The highest BCUT2D eigenvalue weighted by Crippen LogP contribution is 2.19. The summed E-state index contributed by atoms with van der Waals surface area (Å²) in [5.74, 6) is -0.135. The molecule has 30 heavy (non-hydrogen) atoms. The van der Waals surface area contributed by atoms with Crippen molar-refractivity contribution in [3.8, 4) is 5.69 Å². The van der Waals surface area contributed by atoms with E-state index in [1.807, 2.05) is 49.3 Å². The number of aromatic nitrogens is 3. The summed E-state index contributed by atoms with van der Waals surface area (Å²) in [5, 5.41) is 8.70. The first-order valence-corrected chi connectivity index (χ1v) is 10.2. The van der Waals surface area contributed by atoms with Crippen LogP contribution in [0.1, 0.15) is 28.9 Å². The molecule has 0 spiro atoms. The van der Waals surface area contributed by atoms with E-state index in [-0.39, 0.29) is 12.0 Å². The van der Waals surface area contributed by atoms with Gasteiger partial charge in [-0.1, -0.05) is 30.3 Å². The van der Waals surface area contributed by atoms with Gasteiger partial charge in [0.05, 0.1) is 18.0 Å². The van der Waals surface area contributed by atoms with Gasteiger partial charge >= 0.3 is 0 Å². The summed E-state index contributed by atoms with van der Waals surface area (Å²) >= 11 is 0. The minimum Gasteiger partial charge on any atom is -0.378 e. The average Bonchev–Trinajstić information content (AvgIpc) is 3.46. The number of rotatable bonds is 7. The normalized spacial score (nSPS) is 15.9. The van der Waals surface area contributed by atoms with Crippen molar-refractivity contribution in [1.29, 1.82) is 0 Å². The summed E-state index contributed by atoms with van der Waals surface area (Å²) in [5.41, 5.74) is 3.35. The maximum atomic E-state index is 13.3. The third-order valence-corrected chi connectivity index (χ3v) is 5.26. The molecule has 0 radical (unpaired) electrons. The Hall–Kier alpha value is -3.19. The van der Waals surface area contributed by atoms with Gasteiger partial charge in [-0.25, -0.2) is 0 Å². The first-order valence-electron chi connectivity index (χ1n) is 10.2. The first-order chi connectivity index (χ1) is 14.6. The minimum atomic E-state index is -0.135. The second-order valence-electron chi connectivity index (χ2n) is 7.74. The Kier molecular flexibility index (Phi) is 6.09. The Balaban J connectivity index is 1.54. The molecule has 1 aliphatic rings. The van der Waals surface area contributed by atoms with Gasteiger partial charge in [-0.15, -0.1) is 5.10 Å². The summed E-state index contributed by atoms with van der Waals surface area (Å²) in [6, 6.07) is 17.8. The van der Waals surface area contributed by atoms with E-state index in [1.165, 1.54) is 11.0 Å². The Morgan fingerprint density at radius 1 is 1.13 bits per heavy atom. The number of benzene rings is 2. The van der Waals surface area contributed by atoms with Gasteiger partial charge in [0, 0.05) is 39.5 Å².